The van der Waals surface area contributed by atoms with Crippen molar-refractivity contribution in [3.05, 3.63) is 71.8 Å². The lowest BCUT2D eigenvalue weighted by atomic mass is 9.95. The molecule has 0 saturated carbocycles. The third-order valence-electron chi connectivity index (χ3n) is 7.39. The average molecular weight is 645 g/mol. The third-order valence-corrected chi connectivity index (χ3v) is 7.39. The van der Waals surface area contributed by atoms with Crippen molar-refractivity contribution in [1.29, 1.82) is 0 Å². The molecular formula is C32H32F4N4O6. The number of ketones is 1. The Balaban J connectivity index is 1.49. The average Bonchev–Trinajstić information content (AvgIpc) is 3.42. The van der Waals surface area contributed by atoms with Crippen molar-refractivity contribution in [2.75, 3.05) is 18.5 Å². The van der Waals surface area contributed by atoms with Crippen LogP contribution in [0.2, 0.25) is 0 Å². The van der Waals surface area contributed by atoms with Gasteiger partial charge in [0, 0.05) is 29.6 Å². The van der Waals surface area contributed by atoms with Gasteiger partial charge in [-0.1, -0.05) is 50.2 Å². The summed E-state index contributed by atoms with van der Waals surface area (Å²) in [5.74, 6) is -14.0. The first-order valence-electron chi connectivity index (χ1n) is 14.5. The first kappa shape index (κ1) is 33.9. The lowest BCUT2D eigenvalue weighted by molar-refractivity contribution is -0.138. The molecule has 3 aromatic rings. The van der Waals surface area contributed by atoms with Crippen LogP contribution in [0, 0.1) is 35.1 Å². The lowest BCUT2D eigenvalue weighted by Crippen LogP contribution is -2.54. The Bertz CT molecular complexity index is 1640. The largest absolute Gasteiger partial charge is 0.479 e. The van der Waals surface area contributed by atoms with Gasteiger partial charge < -0.3 is 26.0 Å². The maximum absolute atomic E-state index is 14.1. The topological polar surface area (TPSA) is 143 Å². The minimum absolute atomic E-state index is 0.0213. The number of anilines is 1. The predicted octanol–water partition coefficient (Wildman–Crippen LogP) is 3.52. The molecule has 0 spiro atoms. The van der Waals surface area contributed by atoms with Crippen molar-refractivity contribution in [3.8, 4) is 5.75 Å². The number of hydrogen-bond acceptors (Lipinski definition) is 6. The second kappa shape index (κ2) is 14.8. The van der Waals surface area contributed by atoms with Gasteiger partial charge in [-0.3, -0.25) is 24.0 Å². The van der Waals surface area contributed by atoms with E-state index in [2.05, 4.69) is 21.3 Å². The molecule has 0 radical (unpaired) electrons. The van der Waals surface area contributed by atoms with Gasteiger partial charge in [0.05, 0.1) is 6.04 Å². The van der Waals surface area contributed by atoms with Crippen LogP contribution in [-0.4, -0.2) is 54.6 Å². The maximum Gasteiger partial charge on any atom is 0.313 e. The number of Topliss-reactive ketones (excluding diaryl/α,β-unsaturated/α-hetero) is 1. The van der Waals surface area contributed by atoms with Crippen molar-refractivity contribution in [2.24, 2.45) is 11.8 Å². The van der Waals surface area contributed by atoms with Gasteiger partial charge in [-0.2, -0.15) is 8.78 Å². The van der Waals surface area contributed by atoms with E-state index < -0.39 is 83.0 Å². The summed E-state index contributed by atoms with van der Waals surface area (Å²) in [5.41, 5.74) is 0.370. The molecule has 4 rings (SSSR count). The predicted molar refractivity (Wildman–Crippen MR) is 158 cm³/mol. The van der Waals surface area contributed by atoms with Crippen LogP contribution in [0.1, 0.15) is 33.1 Å². The first-order valence-corrected chi connectivity index (χ1v) is 14.5. The van der Waals surface area contributed by atoms with Crippen LogP contribution in [-0.2, 0) is 24.0 Å². The van der Waals surface area contributed by atoms with Gasteiger partial charge in [-0.15, -0.1) is 0 Å². The Morgan fingerprint density at radius 2 is 1.59 bits per heavy atom. The summed E-state index contributed by atoms with van der Waals surface area (Å²) in [6, 6.07) is 9.50. The minimum Gasteiger partial charge on any atom is -0.479 e. The number of benzene rings is 3. The third kappa shape index (κ3) is 8.17. The van der Waals surface area contributed by atoms with E-state index in [1.54, 1.807) is 38.1 Å². The fourth-order valence-corrected chi connectivity index (χ4v) is 5.06. The molecule has 0 aliphatic carbocycles. The Hall–Kier alpha value is -5.01. The van der Waals surface area contributed by atoms with E-state index in [1.165, 1.54) is 0 Å². The summed E-state index contributed by atoms with van der Waals surface area (Å²) in [4.78, 5) is 64.6. The van der Waals surface area contributed by atoms with Gasteiger partial charge >= 0.3 is 11.8 Å². The molecule has 46 heavy (non-hydrogen) atoms. The van der Waals surface area contributed by atoms with Crippen molar-refractivity contribution in [2.45, 2.75) is 45.2 Å². The molecule has 1 fully saturated rings. The highest BCUT2D eigenvalue weighted by Crippen LogP contribution is 2.27. The molecule has 0 bridgehead atoms. The highest BCUT2D eigenvalue weighted by molar-refractivity contribution is 6.40. The van der Waals surface area contributed by atoms with Gasteiger partial charge in [0.15, 0.2) is 23.2 Å². The SMILES string of the molecule is CC(C)C[C@H](NC(=O)C(=O)Nc1cccc2ccccc12)C(=O)N[C@@H](C[C@@H]1CCNC1=O)C(=O)COc1c(F)c(F)cc(F)c1F. The highest BCUT2D eigenvalue weighted by Gasteiger charge is 2.34. The van der Waals surface area contributed by atoms with Crippen LogP contribution in [0.15, 0.2) is 48.5 Å². The summed E-state index contributed by atoms with van der Waals surface area (Å²) in [6.07, 6.45) is 0.115. The van der Waals surface area contributed by atoms with Crippen LogP contribution in [0.4, 0.5) is 23.2 Å². The lowest BCUT2D eigenvalue weighted by Gasteiger charge is -2.25. The zero-order chi connectivity index (χ0) is 33.5. The summed E-state index contributed by atoms with van der Waals surface area (Å²) in [7, 11) is 0. The molecule has 3 aromatic carbocycles. The molecule has 0 aromatic heterocycles. The van der Waals surface area contributed by atoms with Crippen molar-refractivity contribution < 1.29 is 46.3 Å². The van der Waals surface area contributed by atoms with Gasteiger partial charge in [-0.05, 0) is 36.6 Å². The summed E-state index contributed by atoms with van der Waals surface area (Å²) < 4.78 is 60.2. The van der Waals surface area contributed by atoms with Crippen molar-refractivity contribution in [1.82, 2.24) is 16.0 Å². The van der Waals surface area contributed by atoms with E-state index in [0.717, 1.165) is 5.39 Å². The molecule has 4 amide bonds. The number of nitrogens with one attached hydrogen (secondary N) is 4. The Labute approximate surface area is 261 Å². The molecular weight excluding hydrogens is 612 g/mol. The monoisotopic (exact) mass is 644 g/mol. The van der Waals surface area contributed by atoms with E-state index in [1.807, 2.05) is 18.2 Å². The van der Waals surface area contributed by atoms with Crippen molar-refractivity contribution in [3.63, 3.8) is 0 Å². The van der Waals surface area contributed by atoms with Crippen LogP contribution in [0.5, 0.6) is 5.75 Å². The van der Waals surface area contributed by atoms with Crippen LogP contribution < -0.4 is 26.0 Å². The zero-order valence-electron chi connectivity index (χ0n) is 24.9. The number of amides is 4. The molecule has 3 atom stereocenters. The molecule has 1 aliphatic heterocycles. The summed E-state index contributed by atoms with van der Waals surface area (Å²) in [5, 5.41) is 11.5. The maximum atomic E-state index is 14.1. The van der Waals surface area contributed by atoms with Gasteiger partial charge in [0.2, 0.25) is 23.4 Å². The number of halogens is 4. The highest BCUT2D eigenvalue weighted by atomic mass is 19.2. The Morgan fingerprint density at radius 3 is 2.24 bits per heavy atom. The van der Waals surface area contributed by atoms with E-state index in [0.29, 0.717) is 24.0 Å². The number of hydrogen-bond donors (Lipinski definition) is 4. The molecule has 0 unspecified atom stereocenters. The zero-order valence-corrected chi connectivity index (χ0v) is 24.9. The summed E-state index contributed by atoms with van der Waals surface area (Å²) >= 11 is 0. The Morgan fingerprint density at radius 1 is 0.913 bits per heavy atom. The van der Waals surface area contributed by atoms with Crippen LogP contribution in [0.25, 0.3) is 10.8 Å². The first-order chi connectivity index (χ1) is 21.8. The molecule has 1 saturated heterocycles. The number of carbonyl (C=O) groups excluding carboxylic acids is 5. The number of ether oxygens (including phenoxy) is 1. The quantitative estimate of drug-likeness (QED) is 0.135. The minimum atomic E-state index is -1.86. The second-order valence-electron chi connectivity index (χ2n) is 11.3. The Kier molecular flexibility index (Phi) is 10.9. The number of carbonyl (C=O) groups is 5. The molecule has 244 valence electrons. The van der Waals surface area contributed by atoms with E-state index in [-0.39, 0.29) is 24.8 Å². The fraction of sp³-hybridized carbons (Fsp3) is 0.344. The standard InChI is InChI=1S/C32H32F4N4O6/c1-16(2)12-24(40-32(45)31(44)38-22-9-5-7-17-6-3-4-8-19(17)22)30(43)39-23(13-18-10-11-37-29(18)42)25(41)15-46-28-26(35)20(33)14-21(34)27(28)36/h3-9,14,16,18,23-24H,10-13,15H2,1-2H3,(H,37,42)(H,38,44)(H,39,43)(H,40,45)/t18-,23-,24-/m0/s1. The van der Waals surface area contributed by atoms with E-state index in [4.69, 9.17) is 4.74 Å². The van der Waals surface area contributed by atoms with E-state index >= 15 is 0 Å². The van der Waals surface area contributed by atoms with Crippen molar-refractivity contribution >= 4 is 45.9 Å². The van der Waals surface area contributed by atoms with Gasteiger partial charge in [0.25, 0.3) is 0 Å². The van der Waals surface area contributed by atoms with E-state index in [9.17, 15) is 41.5 Å². The smallest absolute Gasteiger partial charge is 0.313 e. The second-order valence-corrected chi connectivity index (χ2v) is 11.3. The van der Waals surface area contributed by atoms with Gasteiger partial charge in [-0.25, -0.2) is 8.78 Å². The van der Waals surface area contributed by atoms with Crippen LogP contribution in [0.3, 0.4) is 0 Å². The fourth-order valence-electron chi connectivity index (χ4n) is 5.06. The van der Waals surface area contributed by atoms with Crippen LogP contribution >= 0.6 is 0 Å². The molecule has 1 heterocycles. The molecule has 14 heteroatoms. The molecule has 4 N–H and O–H groups in total. The normalized spacial score (nSPS) is 15.6. The molecule has 1 aliphatic rings. The number of rotatable bonds is 12. The number of fused-ring (bicyclic) bond motifs is 1. The molecule has 10 nitrogen and oxygen atoms in total. The summed E-state index contributed by atoms with van der Waals surface area (Å²) in [6.45, 7) is 2.70. The van der Waals surface area contributed by atoms with Gasteiger partial charge in [0.1, 0.15) is 12.6 Å².